The molecule has 26 nitrogen and oxygen atoms in total. The van der Waals surface area contributed by atoms with Crippen molar-refractivity contribution in [3.05, 3.63) is 59.7 Å². The van der Waals surface area contributed by atoms with Crippen LogP contribution in [0.3, 0.4) is 0 Å². The Kier molecular flexibility index (Phi) is 23.9. The lowest BCUT2D eigenvalue weighted by Gasteiger charge is -2.64. The molecule has 1 heterocycles. The Bertz CT molecular complexity index is 2720. The summed E-state index contributed by atoms with van der Waals surface area (Å²) in [5.41, 5.74) is 13.4. The van der Waals surface area contributed by atoms with E-state index < -0.39 is 146 Å². The van der Waals surface area contributed by atoms with E-state index in [0.717, 1.165) is 43.2 Å². The van der Waals surface area contributed by atoms with E-state index in [4.69, 9.17) is 30.2 Å². The molecule has 27 heteroatoms. The number of rotatable bonds is 29. The summed E-state index contributed by atoms with van der Waals surface area (Å²) in [4.78, 5) is 132. The molecule has 2 bridgehead atoms. The molecule has 2 unspecified atom stereocenters. The molecule has 4 fully saturated rings. The molecule has 468 valence electrons. The van der Waals surface area contributed by atoms with Crippen LogP contribution in [-0.2, 0) is 58.8 Å². The van der Waals surface area contributed by atoms with Crippen molar-refractivity contribution in [2.45, 2.75) is 199 Å². The lowest BCUT2D eigenvalue weighted by atomic mass is 9.43. The summed E-state index contributed by atoms with van der Waals surface area (Å²) in [5.74, 6) is -8.58. The van der Waals surface area contributed by atoms with E-state index in [1.807, 2.05) is 31.2 Å². The number of hydrogen-bond acceptors (Lipinski definition) is 16. The van der Waals surface area contributed by atoms with Crippen LogP contribution >= 0.6 is 0 Å². The van der Waals surface area contributed by atoms with Crippen LogP contribution in [0.1, 0.15) is 149 Å². The number of alkyl carbamates (subject to hydrolysis) is 2. The Morgan fingerprint density at radius 3 is 1.81 bits per heavy atom. The second kappa shape index (κ2) is 29.6. The van der Waals surface area contributed by atoms with Crippen LogP contribution in [0.4, 0.5) is 9.59 Å². The molecule has 2 aromatic carbocycles. The first-order valence-electron chi connectivity index (χ1n) is 28.9. The van der Waals surface area contributed by atoms with Crippen LogP contribution in [-0.4, -0.2) is 149 Å². The van der Waals surface area contributed by atoms with Gasteiger partial charge in [0, 0.05) is 18.5 Å². The number of carboxylic acid groups (broad SMARTS) is 2. The number of nitrogens with one attached hydrogen (secondary N) is 8. The van der Waals surface area contributed by atoms with Gasteiger partial charge in [0.25, 0.3) is 11.8 Å². The largest absolute Gasteiger partial charge is 0.497 e. The zero-order valence-electron chi connectivity index (χ0n) is 50.3. The van der Waals surface area contributed by atoms with Gasteiger partial charge in [0.2, 0.25) is 23.6 Å². The highest BCUT2D eigenvalue weighted by Crippen LogP contribution is 2.65. The SMILES string of the molecule is CCCCc1ccc(-c2ccc(C(=O)N[C@@H](CNC(=O)OC(C)(C)C)C(=O)NC(CCC(=O)N[C@H](CC(=O)O)C(=O)O)C(=O)N[C@@H](N)C(=O)N[C@@H](CCCCNC(=O)OC(C)(C)C)C(=O)N[C@@H](N)B3OC4C[C@@H]5C[C@@H](C5(C)C)[C@]4(C)O3)cc2)cc1. The highest BCUT2D eigenvalue weighted by atomic mass is 16.7. The van der Waals surface area contributed by atoms with Gasteiger partial charge >= 0.3 is 31.2 Å². The number of amides is 8. The zero-order chi connectivity index (χ0) is 63.2. The van der Waals surface area contributed by atoms with E-state index in [0.29, 0.717) is 12.3 Å². The maximum absolute atomic E-state index is 14.3. The molecule has 0 spiro atoms. The Hall–Kier alpha value is -7.36. The van der Waals surface area contributed by atoms with E-state index >= 15 is 0 Å². The van der Waals surface area contributed by atoms with E-state index in [1.54, 1.807) is 53.7 Å². The smallest absolute Gasteiger partial charge is 0.481 e. The van der Waals surface area contributed by atoms with Crippen molar-refractivity contribution in [3.63, 3.8) is 0 Å². The monoisotopic (exact) mass is 1190 g/mol. The molecule has 4 aliphatic rings. The van der Waals surface area contributed by atoms with Crippen molar-refractivity contribution in [2.75, 3.05) is 13.1 Å². The van der Waals surface area contributed by atoms with Crippen LogP contribution in [0.25, 0.3) is 11.1 Å². The van der Waals surface area contributed by atoms with Crippen LogP contribution in [0.15, 0.2) is 48.5 Å². The number of ether oxygens (including phenoxy) is 2. The van der Waals surface area contributed by atoms with Gasteiger partial charge in [0.15, 0.2) is 6.17 Å². The zero-order valence-corrected chi connectivity index (χ0v) is 50.3. The van der Waals surface area contributed by atoms with Crippen molar-refractivity contribution in [2.24, 2.45) is 28.7 Å². The molecule has 10 atom stereocenters. The molecule has 2 aromatic rings. The third-order valence-electron chi connectivity index (χ3n) is 15.4. The number of hydrogen-bond donors (Lipinski definition) is 12. The minimum atomic E-state index is -1.96. The normalized spacial score (nSPS) is 20.6. The van der Waals surface area contributed by atoms with Crippen molar-refractivity contribution >= 4 is 66.7 Å². The number of aliphatic carboxylic acids is 2. The first-order chi connectivity index (χ1) is 39.7. The van der Waals surface area contributed by atoms with E-state index in [-0.39, 0.29) is 42.4 Å². The average molecular weight is 1190 g/mol. The van der Waals surface area contributed by atoms with Crippen molar-refractivity contribution in [1.82, 2.24) is 42.5 Å². The maximum atomic E-state index is 14.3. The fraction of sp³-hybridized carbons (Fsp3) is 0.621. The molecule has 1 saturated heterocycles. The van der Waals surface area contributed by atoms with Gasteiger partial charge in [-0.25, -0.2) is 14.4 Å². The molecule has 1 aliphatic heterocycles. The number of carbonyl (C=O) groups is 10. The van der Waals surface area contributed by atoms with Gasteiger partial charge in [-0.05, 0) is 146 Å². The molecule has 0 radical (unpaired) electrons. The molecule has 6 rings (SSSR count). The number of carboxylic acids is 2. The van der Waals surface area contributed by atoms with E-state index in [9.17, 15) is 58.2 Å². The fourth-order valence-corrected chi connectivity index (χ4v) is 10.7. The Labute approximate surface area is 496 Å². The molecule has 85 heavy (non-hydrogen) atoms. The molecule has 0 aromatic heterocycles. The van der Waals surface area contributed by atoms with E-state index in [1.165, 1.54) is 17.7 Å². The molecular formula is C58H87BN10O16. The van der Waals surface area contributed by atoms with Gasteiger partial charge in [0.05, 0.1) is 24.7 Å². The molecule has 3 aliphatic carbocycles. The number of unbranched alkanes of at least 4 members (excludes halogenated alkanes) is 2. The second-order valence-corrected chi connectivity index (χ2v) is 24.8. The Balaban J connectivity index is 1.34. The number of carbonyl (C=O) groups excluding carboxylic acids is 8. The standard InChI is InChI=1S/C58H87BN10O16/c1-11-12-15-32-17-19-33(20-18-32)34-21-23-35(24-22-34)46(73)67-40(31-63-54(81)83-56(5,6)7)49(76)65-38(25-26-43(70)64-39(51(78)79)30-44(71)72)47(74)68-45(60)50(77)66-37(16-13-14-27-62-53(80)82-55(2,3)4)48(75)69-52(61)59-84-42-29-36-28-41(57(36,8)9)58(42,10)85-59/h17-24,36-42,45,52H,11-16,25-31,60-61H2,1-10H3,(H,62,80)(H,63,81)(H,64,70)(H,65,76)(H,66,77)(H,67,73)(H,68,74)(H,69,75)(H,71,72)(H,78,79)/t36-,37-,38?,39+,40-,41-,42?,45+,52+,58-/m0/s1. The number of aryl methyl sites for hydroxylation is 1. The molecule has 3 saturated carbocycles. The maximum Gasteiger partial charge on any atom is 0.497 e. The van der Waals surface area contributed by atoms with Gasteiger partial charge in [-0.1, -0.05) is 63.6 Å². The lowest BCUT2D eigenvalue weighted by molar-refractivity contribution is -0.199. The third-order valence-corrected chi connectivity index (χ3v) is 15.4. The molecule has 14 N–H and O–H groups in total. The highest BCUT2D eigenvalue weighted by Gasteiger charge is 2.68. The highest BCUT2D eigenvalue weighted by molar-refractivity contribution is 6.47. The quantitative estimate of drug-likeness (QED) is 0.0316. The first kappa shape index (κ1) is 68.4. The van der Waals surface area contributed by atoms with E-state index in [2.05, 4.69) is 63.3 Å². The van der Waals surface area contributed by atoms with Gasteiger partial charge in [-0.3, -0.25) is 33.6 Å². The van der Waals surface area contributed by atoms with Gasteiger partial charge in [0.1, 0.15) is 41.4 Å². The van der Waals surface area contributed by atoms with Crippen LogP contribution < -0.4 is 54.0 Å². The summed E-state index contributed by atoms with van der Waals surface area (Å²) in [7, 11) is -1.04. The van der Waals surface area contributed by atoms with Gasteiger partial charge in [-0.2, -0.15) is 0 Å². The fourth-order valence-electron chi connectivity index (χ4n) is 10.7. The summed E-state index contributed by atoms with van der Waals surface area (Å²) in [6, 6.07) is 6.58. The van der Waals surface area contributed by atoms with Crippen LogP contribution in [0.5, 0.6) is 0 Å². The number of benzene rings is 2. The van der Waals surface area contributed by atoms with Gasteiger partial charge in [-0.15, -0.1) is 0 Å². The van der Waals surface area contributed by atoms with Gasteiger partial charge < -0.3 is 83.0 Å². The van der Waals surface area contributed by atoms with Crippen LogP contribution in [0.2, 0.25) is 0 Å². The molecule has 8 amide bonds. The third kappa shape index (κ3) is 20.1. The first-order valence-corrected chi connectivity index (χ1v) is 28.9. The Morgan fingerprint density at radius 2 is 1.24 bits per heavy atom. The molecular weight excluding hydrogens is 1100 g/mol. The van der Waals surface area contributed by atoms with Crippen molar-refractivity contribution < 1.29 is 76.9 Å². The number of nitrogens with two attached hydrogens (primary N) is 2. The summed E-state index contributed by atoms with van der Waals surface area (Å²) in [6.07, 6.45) is -0.940. The van der Waals surface area contributed by atoms with Crippen molar-refractivity contribution in [3.8, 4) is 11.1 Å². The predicted molar refractivity (Wildman–Crippen MR) is 311 cm³/mol. The van der Waals surface area contributed by atoms with Crippen molar-refractivity contribution in [1.29, 1.82) is 0 Å². The topological polar surface area (TPSA) is 396 Å². The predicted octanol–water partition coefficient (Wildman–Crippen LogP) is 2.88. The second-order valence-electron chi connectivity index (χ2n) is 24.8. The average Bonchev–Trinajstić information content (AvgIpc) is 1.74. The summed E-state index contributed by atoms with van der Waals surface area (Å²) < 4.78 is 23.4. The Morgan fingerprint density at radius 1 is 0.671 bits per heavy atom. The lowest BCUT2D eigenvalue weighted by Crippen LogP contribution is -2.65. The minimum Gasteiger partial charge on any atom is -0.481 e. The summed E-state index contributed by atoms with van der Waals surface area (Å²) >= 11 is 0. The summed E-state index contributed by atoms with van der Waals surface area (Å²) in [6.45, 7) is 17.9. The summed E-state index contributed by atoms with van der Waals surface area (Å²) in [5, 5.41) is 38.4. The minimum absolute atomic E-state index is 0.0185. The van der Waals surface area contributed by atoms with Crippen LogP contribution in [0, 0.1) is 17.3 Å².